The van der Waals surface area contributed by atoms with E-state index in [9.17, 15) is 14.9 Å². The Kier molecular flexibility index (Phi) is 4.19. The maximum atomic E-state index is 13.0. The number of fused-ring (bicyclic) bond motifs is 1. The summed E-state index contributed by atoms with van der Waals surface area (Å²) in [5.74, 6) is 0.242. The summed E-state index contributed by atoms with van der Waals surface area (Å²) in [5.41, 5.74) is 2.91. The number of rotatable bonds is 3. The normalized spacial score (nSPS) is 16.0. The maximum absolute atomic E-state index is 13.0. The first kappa shape index (κ1) is 17.0. The Morgan fingerprint density at radius 3 is 2.81 bits per heavy atom. The highest BCUT2D eigenvalue weighted by atomic mass is 16.6. The van der Waals surface area contributed by atoms with E-state index in [4.69, 9.17) is 0 Å². The van der Waals surface area contributed by atoms with E-state index >= 15 is 0 Å². The van der Waals surface area contributed by atoms with Crippen LogP contribution in [0.4, 0.5) is 11.4 Å². The first-order valence-corrected chi connectivity index (χ1v) is 8.76. The molecule has 1 aliphatic rings. The highest BCUT2D eigenvalue weighted by Gasteiger charge is 2.28. The van der Waals surface area contributed by atoms with Crippen LogP contribution in [0.2, 0.25) is 0 Å². The predicted molar refractivity (Wildman–Crippen MR) is 101 cm³/mol. The predicted octanol–water partition coefficient (Wildman–Crippen LogP) is 3.93. The van der Waals surface area contributed by atoms with E-state index in [0.29, 0.717) is 23.8 Å². The van der Waals surface area contributed by atoms with Crippen molar-refractivity contribution >= 4 is 17.3 Å². The lowest BCUT2D eigenvalue weighted by atomic mass is 9.91. The largest absolute Gasteiger partial charge is 0.307 e. The van der Waals surface area contributed by atoms with Crippen LogP contribution in [0.3, 0.4) is 0 Å². The van der Waals surface area contributed by atoms with Gasteiger partial charge in [-0.3, -0.25) is 14.9 Å². The second-order valence-corrected chi connectivity index (χ2v) is 6.63. The van der Waals surface area contributed by atoms with E-state index in [-0.39, 0.29) is 11.6 Å². The van der Waals surface area contributed by atoms with Gasteiger partial charge in [-0.2, -0.15) is 5.10 Å². The SMILES string of the molecule is CC1CCN(C(=O)c2ccn(-c3cccc([N+](=O)[O-])c3)n2)c2ccccc21. The first-order valence-electron chi connectivity index (χ1n) is 8.76. The van der Waals surface area contributed by atoms with Crippen LogP contribution in [0.1, 0.15) is 35.3 Å². The number of anilines is 1. The molecule has 1 amide bonds. The molecule has 0 N–H and O–H groups in total. The molecule has 7 heteroatoms. The van der Waals surface area contributed by atoms with E-state index < -0.39 is 4.92 Å². The average molecular weight is 362 g/mol. The molecule has 2 aromatic carbocycles. The Labute approximate surface area is 156 Å². The summed E-state index contributed by atoms with van der Waals surface area (Å²) in [6.07, 6.45) is 2.54. The number of non-ortho nitro benzene ring substituents is 1. The zero-order valence-electron chi connectivity index (χ0n) is 14.8. The summed E-state index contributed by atoms with van der Waals surface area (Å²) >= 11 is 0. The lowest BCUT2D eigenvalue weighted by Gasteiger charge is -2.32. The molecule has 0 fully saturated rings. The fraction of sp³-hybridized carbons (Fsp3) is 0.200. The fourth-order valence-corrected chi connectivity index (χ4v) is 3.43. The fourth-order valence-electron chi connectivity index (χ4n) is 3.43. The topological polar surface area (TPSA) is 81.3 Å². The summed E-state index contributed by atoms with van der Waals surface area (Å²) in [4.78, 5) is 25.3. The number of para-hydroxylation sites is 1. The molecule has 0 saturated carbocycles. The lowest BCUT2D eigenvalue weighted by Crippen LogP contribution is -2.36. The zero-order valence-corrected chi connectivity index (χ0v) is 14.8. The van der Waals surface area contributed by atoms with Crippen molar-refractivity contribution in [1.82, 2.24) is 9.78 Å². The van der Waals surface area contributed by atoms with Gasteiger partial charge in [-0.05, 0) is 36.1 Å². The summed E-state index contributed by atoms with van der Waals surface area (Å²) < 4.78 is 1.48. The Morgan fingerprint density at radius 2 is 2.00 bits per heavy atom. The van der Waals surface area contributed by atoms with E-state index in [0.717, 1.165) is 17.7 Å². The van der Waals surface area contributed by atoms with Crippen LogP contribution in [0.5, 0.6) is 0 Å². The molecule has 1 aromatic heterocycles. The number of nitro benzene ring substituents is 1. The molecule has 27 heavy (non-hydrogen) atoms. The maximum Gasteiger partial charge on any atom is 0.278 e. The number of carbonyl (C=O) groups is 1. The van der Waals surface area contributed by atoms with Crippen molar-refractivity contribution in [2.45, 2.75) is 19.3 Å². The van der Waals surface area contributed by atoms with Crippen LogP contribution in [0.25, 0.3) is 5.69 Å². The second-order valence-electron chi connectivity index (χ2n) is 6.63. The van der Waals surface area contributed by atoms with Gasteiger partial charge in [0, 0.05) is 30.6 Å². The van der Waals surface area contributed by atoms with Gasteiger partial charge in [0.2, 0.25) is 0 Å². The Bertz CT molecular complexity index is 1030. The van der Waals surface area contributed by atoms with Crippen LogP contribution in [-0.2, 0) is 0 Å². The first-order chi connectivity index (χ1) is 13.0. The molecule has 0 bridgehead atoms. The summed E-state index contributed by atoms with van der Waals surface area (Å²) in [7, 11) is 0. The van der Waals surface area contributed by atoms with Gasteiger partial charge < -0.3 is 4.90 Å². The number of benzene rings is 2. The molecule has 1 atom stereocenters. The number of carbonyl (C=O) groups excluding carboxylic acids is 1. The van der Waals surface area contributed by atoms with Gasteiger partial charge in [0.1, 0.15) is 0 Å². The van der Waals surface area contributed by atoms with Gasteiger partial charge in [-0.15, -0.1) is 0 Å². The molecular formula is C20H18N4O3. The van der Waals surface area contributed by atoms with Crippen molar-refractivity contribution in [3.05, 3.63) is 82.2 Å². The monoisotopic (exact) mass is 362 g/mol. The van der Waals surface area contributed by atoms with Gasteiger partial charge in [0.25, 0.3) is 11.6 Å². The van der Waals surface area contributed by atoms with E-state index in [1.807, 2.05) is 18.2 Å². The second kappa shape index (κ2) is 6.68. The Hall–Kier alpha value is -3.48. The highest BCUT2D eigenvalue weighted by Crippen LogP contribution is 2.35. The van der Waals surface area contributed by atoms with Crippen LogP contribution in [0.15, 0.2) is 60.8 Å². The smallest absolute Gasteiger partial charge is 0.278 e. The minimum Gasteiger partial charge on any atom is -0.307 e. The number of hydrogen-bond acceptors (Lipinski definition) is 4. The molecule has 2 heterocycles. The number of nitrogens with zero attached hydrogens (tertiary/aromatic N) is 4. The summed E-state index contributed by atoms with van der Waals surface area (Å²) in [5, 5.41) is 15.3. The van der Waals surface area contributed by atoms with Crippen molar-refractivity contribution in [3.8, 4) is 5.69 Å². The third kappa shape index (κ3) is 3.08. The molecule has 0 aliphatic carbocycles. The molecule has 0 saturated heterocycles. The van der Waals surface area contributed by atoms with Crippen molar-refractivity contribution in [2.24, 2.45) is 0 Å². The minimum atomic E-state index is -0.453. The number of amides is 1. The molecule has 7 nitrogen and oxygen atoms in total. The number of hydrogen-bond donors (Lipinski definition) is 0. The third-order valence-corrected chi connectivity index (χ3v) is 4.90. The Morgan fingerprint density at radius 1 is 1.19 bits per heavy atom. The van der Waals surface area contributed by atoms with Gasteiger partial charge in [-0.25, -0.2) is 4.68 Å². The molecule has 3 aromatic rings. The molecule has 0 spiro atoms. The zero-order chi connectivity index (χ0) is 19.0. The van der Waals surface area contributed by atoms with Gasteiger partial charge >= 0.3 is 0 Å². The van der Waals surface area contributed by atoms with Gasteiger partial charge in [0.15, 0.2) is 5.69 Å². The van der Waals surface area contributed by atoms with Crippen molar-refractivity contribution in [2.75, 3.05) is 11.4 Å². The molecular weight excluding hydrogens is 344 g/mol. The number of aromatic nitrogens is 2. The standard InChI is InChI=1S/C20H18N4O3/c1-14-9-11-22(19-8-3-2-7-17(14)19)20(25)18-10-12-23(21-18)15-5-4-6-16(13-15)24(26)27/h2-8,10,12-14H,9,11H2,1H3. The van der Waals surface area contributed by atoms with E-state index in [1.54, 1.807) is 29.3 Å². The molecule has 0 radical (unpaired) electrons. The van der Waals surface area contributed by atoms with Crippen molar-refractivity contribution in [3.63, 3.8) is 0 Å². The van der Waals surface area contributed by atoms with Crippen molar-refractivity contribution in [1.29, 1.82) is 0 Å². The van der Waals surface area contributed by atoms with Crippen LogP contribution in [0, 0.1) is 10.1 Å². The quantitative estimate of drug-likeness (QED) is 0.522. The van der Waals surface area contributed by atoms with Crippen LogP contribution >= 0.6 is 0 Å². The molecule has 1 unspecified atom stereocenters. The average Bonchev–Trinajstić information content (AvgIpc) is 3.18. The van der Waals surface area contributed by atoms with Crippen LogP contribution < -0.4 is 4.90 Å². The molecule has 136 valence electrons. The Balaban J connectivity index is 1.64. The minimum absolute atomic E-state index is 0.0187. The summed E-state index contributed by atoms with van der Waals surface area (Å²) in [6, 6.07) is 15.7. The third-order valence-electron chi connectivity index (χ3n) is 4.90. The lowest BCUT2D eigenvalue weighted by molar-refractivity contribution is -0.384. The van der Waals surface area contributed by atoms with E-state index in [2.05, 4.69) is 18.1 Å². The highest BCUT2D eigenvalue weighted by molar-refractivity contribution is 6.05. The molecule has 4 rings (SSSR count). The van der Waals surface area contributed by atoms with Crippen LogP contribution in [-0.4, -0.2) is 27.2 Å². The van der Waals surface area contributed by atoms with Crippen molar-refractivity contribution < 1.29 is 9.72 Å². The van der Waals surface area contributed by atoms with Gasteiger partial charge in [-0.1, -0.05) is 31.2 Å². The van der Waals surface area contributed by atoms with E-state index in [1.165, 1.54) is 16.8 Å². The summed E-state index contributed by atoms with van der Waals surface area (Å²) in [6.45, 7) is 2.80. The number of nitro groups is 1. The van der Waals surface area contributed by atoms with Gasteiger partial charge in [0.05, 0.1) is 10.6 Å². The molecule has 1 aliphatic heterocycles.